The summed E-state index contributed by atoms with van der Waals surface area (Å²) in [5.41, 5.74) is 5.39. The van der Waals surface area contributed by atoms with Crippen molar-refractivity contribution in [3.63, 3.8) is 0 Å². The molecule has 0 aliphatic carbocycles. The highest BCUT2D eigenvalue weighted by atomic mass is 16.5. The average molecular weight is 198 g/mol. The number of amides is 1. The summed E-state index contributed by atoms with van der Waals surface area (Å²) in [7, 11) is 0. The van der Waals surface area contributed by atoms with Gasteiger partial charge >= 0.3 is 0 Å². The van der Waals surface area contributed by atoms with Crippen molar-refractivity contribution >= 4 is 6.41 Å². The second-order valence-electron chi connectivity index (χ2n) is 4.19. The van der Waals surface area contributed by atoms with Gasteiger partial charge in [0.15, 0.2) is 0 Å². The molecule has 2 bridgehead atoms. The van der Waals surface area contributed by atoms with E-state index in [0.29, 0.717) is 31.3 Å². The Morgan fingerprint density at radius 1 is 1.36 bits per heavy atom. The van der Waals surface area contributed by atoms with Crippen LogP contribution >= 0.6 is 0 Å². The first-order chi connectivity index (χ1) is 6.85. The van der Waals surface area contributed by atoms with Gasteiger partial charge in [-0.1, -0.05) is 0 Å². The Morgan fingerprint density at radius 3 is 2.50 bits per heavy atom. The first kappa shape index (κ1) is 9.93. The van der Waals surface area contributed by atoms with Gasteiger partial charge in [-0.15, -0.1) is 0 Å². The molecule has 2 saturated heterocycles. The van der Waals surface area contributed by atoms with Gasteiger partial charge in [-0.3, -0.25) is 4.79 Å². The molecule has 4 nitrogen and oxygen atoms in total. The van der Waals surface area contributed by atoms with Crippen molar-refractivity contribution in [3.05, 3.63) is 0 Å². The molecule has 0 aromatic rings. The zero-order valence-electron chi connectivity index (χ0n) is 8.39. The lowest BCUT2D eigenvalue weighted by Gasteiger charge is -2.36. The highest BCUT2D eigenvalue weighted by Crippen LogP contribution is 2.35. The average Bonchev–Trinajstić information content (AvgIpc) is 2.45. The molecule has 2 N–H and O–H groups in total. The van der Waals surface area contributed by atoms with Gasteiger partial charge in [-0.2, -0.15) is 0 Å². The highest BCUT2D eigenvalue weighted by Gasteiger charge is 2.40. The molecule has 0 spiro atoms. The predicted molar refractivity (Wildman–Crippen MR) is 52.7 cm³/mol. The van der Waals surface area contributed by atoms with Crippen LogP contribution in [0.25, 0.3) is 0 Å². The summed E-state index contributed by atoms with van der Waals surface area (Å²) in [6.45, 7) is 1.23. The Kier molecular flexibility index (Phi) is 3.03. The number of hydrogen-bond donors (Lipinski definition) is 1. The maximum atomic E-state index is 10.8. The van der Waals surface area contributed by atoms with Gasteiger partial charge in [0.1, 0.15) is 0 Å². The lowest BCUT2D eigenvalue weighted by Crippen LogP contribution is -2.44. The molecule has 0 aromatic heterocycles. The van der Waals surface area contributed by atoms with Crippen LogP contribution in [0.5, 0.6) is 0 Å². The second-order valence-corrected chi connectivity index (χ2v) is 4.19. The van der Waals surface area contributed by atoms with Gasteiger partial charge in [-0.05, 0) is 25.7 Å². The fourth-order valence-corrected chi connectivity index (χ4v) is 2.71. The SMILES string of the molecule is NCCOC1C[C@H]2CC[C@@H](C1)N2C=O. The van der Waals surface area contributed by atoms with E-state index in [1.807, 2.05) is 4.90 Å². The van der Waals surface area contributed by atoms with E-state index in [1.54, 1.807) is 0 Å². The number of piperidine rings is 1. The molecule has 0 saturated carbocycles. The maximum Gasteiger partial charge on any atom is 0.210 e. The first-order valence-corrected chi connectivity index (χ1v) is 5.39. The molecule has 4 heteroatoms. The topological polar surface area (TPSA) is 55.6 Å². The zero-order chi connectivity index (χ0) is 9.97. The van der Waals surface area contributed by atoms with Crippen molar-refractivity contribution in [3.8, 4) is 0 Å². The highest BCUT2D eigenvalue weighted by molar-refractivity contribution is 5.49. The minimum Gasteiger partial charge on any atom is -0.377 e. The predicted octanol–water partition coefficient (Wildman–Crippen LogP) is 0.113. The van der Waals surface area contributed by atoms with Crippen molar-refractivity contribution in [2.24, 2.45) is 5.73 Å². The van der Waals surface area contributed by atoms with Gasteiger partial charge < -0.3 is 15.4 Å². The van der Waals surface area contributed by atoms with Crippen LogP contribution in [0.1, 0.15) is 25.7 Å². The van der Waals surface area contributed by atoms with E-state index in [2.05, 4.69) is 0 Å². The number of fused-ring (bicyclic) bond motifs is 2. The van der Waals surface area contributed by atoms with Gasteiger partial charge in [0.25, 0.3) is 0 Å². The number of carbonyl (C=O) groups is 1. The van der Waals surface area contributed by atoms with Crippen LogP contribution < -0.4 is 5.73 Å². The van der Waals surface area contributed by atoms with E-state index < -0.39 is 0 Å². The smallest absolute Gasteiger partial charge is 0.210 e. The Labute approximate surface area is 84.4 Å². The molecule has 1 unspecified atom stereocenters. The van der Waals surface area contributed by atoms with E-state index in [-0.39, 0.29) is 0 Å². The van der Waals surface area contributed by atoms with Crippen LogP contribution in [-0.4, -0.2) is 42.6 Å². The summed E-state index contributed by atoms with van der Waals surface area (Å²) < 4.78 is 5.64. The molecule has 2 aliphatic rings. The van der Waals surface area contributed by atoms with Crippen molar-refractivity contribution in [1.29, 1.82) is 0 Å². The molecule has 1 amide bonds. The molecule has 0 aromatic carbocycles. The number of rotatable bonds is 4. The zero-order valence-corrected chi connectivity index (χ0v) is 8.39. The number of ether oxygens (including phenoxy) is 1. The van der Waals surface area contributed by atoms with Crippen LogP contribution in [0, 0.1) is 0 Å². The van der Waals surface area contributed by atoms with Gasteiger partial charge in [-0.25, -0.2) is 0 Å². The third-order valence-electron chi connectivity index (χ3n) is 3.34. The summed E-state index contributed by atoms with van der Waals surface area (Å²) in [5.74, 6) is 0. The quantitative estimate of drug-likeness (QED) is 0.652. The van der Waals surface area contributed by atoms with Crippen molar-refractivity contribution in [2.45, 2.75) is 43.9 Å². The molecular weight excluding hydrogens is 180 g/mol. The number of hydrogen-bond acceptors (Lipinski definition) is 3. The third kappa shape index (κ3) is 1.77. The molecule has 2 heterocycles. The molecule has 2 rings (SSSR count). The van der Waals surface area contributed by atoms with Crippen LogP contribution in [-0.2, 0) is 9.53 Å². The molecular formula is C10H18N2O2. The molecule has 0 radical (unpaired) electrons. The molecule has 3 atom stereocenters. The fourth-order valence-electron chi connectivity index (χ4n) is 2.71. The van der Waals surface area contributed by atoms with Crippen LogP contribution in [0.4, 0.5) is 0 Å². The fraction of sp³-hybridized carbons (Fsp3) is 0.900. The summed E-state index contributed by atoms with van der Waals surface area (Å²) >= 11 is 0. The molecule has 80 valence electrons. The van der Waals surface area contributed by atoms with Crippen molar-refractivity contribution in [2.75, 3.05) is 13.2 Å². The minimum absolute atomic E-state index is 0.326. The molecule has 2 fully saturated rings. The van der Waals surface area contributed by atoms with Crippen LogP contribution in [0.3, 0.4) is 0 Å². The lowest BCUT2D eigenvalue weighted by atomic mass is 10.0. The van der Waals surface area contributed by atoms with Crippen LogP contribution in [0.15, 0.2) is 0 Å². The van der Waals surface area contributed by atoms with Crippen molar-refractivity contribution in [1.82, 2.24) is 4.90 Å². The Bertz CT molecular complexity index is 196. The monoisotopic (exact) mass is 198 g/mol. The molecule has 2 aliphatic heterocycles. The largest absolute Gasteiger partial charge is 0.377 e. The number of carbonyl (C=O) groups excluding carboxylic acids is 1. The van der Waals surface area contributed by atoms with Gasteiger partial charge in [0.05, 0.1) is 12.7 Å². The van der Waals surface area contributed by atoms with Crippen molar-refractivity contribution < 1.29 is 9.53 Å². The molecule has 14 heavy (non-hydrogen) atoms. The van der Waals surface area contributed by atoms with E-state index in [9.17, 15) is 4.79 Å². The summed E-state index contributed by atoms with van der Waals surface area (Å²) in [5, 5.41) is 0. The third-order valence-corrected chi connectivity index (χ3v) is 3.34. The van der Waals surface area contributed by atoms with E-state index in [0.717, 1.165) is 32.1 Å². The van der Waals surface area contributed by atoms with E-state index in [4.69, 9.17) is 10.5 Å². The first-order valence-electron chi connectivity index (χ1n) is 5.39. The van der Waals surface area contributed by atoms with Crippen LogP contribution in [0.2, 0.25) is 0 Å². The van der Waals surface area contributed by atoms with Gasteiger partial charge in [0, 0.05) is 18.6 Å². The number of nitrogens with zero attached hydrogens (tertiary/aromatic N) is 1. The van der Waals surface area contributed by atoms with E-state index in [1.165, 1.54) is 0 Å². The summed E-state index contributed by atoms with van der Waals surface area (Å²) in [4.78, 5) is 12.8. The number of nitrogens with two attached hydrogens (primary N) is 1. The standard InChI is InChI=1S/C10H18N2O2/c11-3-4-14-10-5-8-1-2-9(6-10)12(8)7-13/h7-10H,1-6,11H2/t8-,9+,10?. The maximum absolute atomic E-state index is 10.8. The summed E-state index contributed by atoms with van der Waals surface area (Å²) in [6, 6.07) is 0.850. The normalized spacial score (nSPS) is 36.1. The van der Waals surface area contributed by atoms with E-state index >= 15 is 0 Å². The lowest BCUT2D eigenvalue weighted by molar-refractivity contribution is -0.124. The second kappa shape index (κ2) is 4.28. The Hall–Kier alpha value is -0.610. The minimum atomic E-state index is 0.326. The van der Waals surface area contributed by atoms with Gasteiger partial charge in [0.2, 0.25) is 6.41 Å². The Balaban J connectivity index is 1.89. The Morgan fingerprint density at radius 2 is 2.00 bits per heavy atom. The summed E-state index contributed by atoms with van der Waals surface area (Å²) in [6.07, 6.45) is 5.61.